The van der Waals surface area contributed by atoms with Crippen LogP contribution in [-0.2, 0) is 7.05 Å². The molecule has 5 nitrogen and oxygen atoms in total. The van der Waals surface area contributed by atoms with Crippen molar-refractivity contribution in [1.29, 1.82) is 5.26 Å². The van der Waals surface area contributed by atoms with Crippen LogP contribution in [0.15, 0.2) is 36.5 Å². The Morgan fingerprint density at radius 2 is 2.10 bits per heavy atom. The lowest BCUT2D eigenvalue weighted by Crippen LogP contribution is -1.96. The number of para-hydroxylation sites is 1. The molecule has 3 aromatic rings. The van der Waals surface area contributed by atoms with Gasteiger partial charge in [0.05, 0.1) is 28.5 Å². The molecule has 0 fully saturated rings. The molecule has 1 aromatic carbocycles. The van der Waals surface area contributed by atoms with E-state index < -0.39 is 0 Å². The Morgan fingerprint density at radius 3 is 2.80 bits per heavy atom. The van der Waals surface area contributed by atoms with Crippen molar-refractivity contribution in [3.63, 3.8) is 0 Å². The fraction of sp³-hybridized carbons (Fsp3) is 0.133. The van der Waals surface area contributed by atoms with Crippen LogP contribution in [0.3, 0.4) is 0 Å². The van der Waals surface area contributed by atoms with E-state index in [2.05, 4.69) is 21.5 Å². The number of nitriles is 1. The first kappa shape index (κ1) is 12.2. The standard InChI is InChI=1S/C15H13N5/c1-10-14(9-20(2)19-10)18-15-7-11(8-16)12-5-3-4-6-13(12)17-15/h3-7,9H,1-2H3,(H,17,18). The van der Waals surface area contributed by atoms with Crippen molar-refractivity contribution in [2.45, 2.75) is 6.92 Å². The minimum absolute atomic E-state index is 0.611. The highest BCUT2D eigenvalue weighted by Gasteiger charge is 2.08. The maximum absolute atomic E-state index is 9.26. The summed E-state index contributed by atoms with van der Waals surface area (Å²) in [5, 5.41) is 17.6. The first-order valence-corrected chi connectivity index (χ1v) is 6.24. The molecule has 1 N–H and O–H groups in total. The second-order valence-corrected chi connectivity index (χ2v) is 4.61. The van der Waals surface area contributed by atoms with Gasteiger partial charge >= 0.3 is 0 Å². The van der Waals surface area contributed by atoms with Gasteiger partial charge < -0.3 is 5.32 Å². The van der Waals surface area contributed by atoms with Gasteiger partial charge in [0, 0.05) is 18.6 Å². The van der Waals surface area contributed by atoms with Gasteiger partial charge in [-0.05, 0) is 19.1 Å². The van der Waals surface area contributed by atoms with Crippen LogP contribution >= 0.6 is 0 Å². The maximum Gasteiger partial charge on any atom is 0.132 e. The van der Waals surface area contributed by atoms with Crippen molar-refractivity contribution >= 4 is 22.4 Å². The highest BCUT2D eigenvalue weighted by Crippen LogP contribution is 2.23. The number of rotatable bonds is 2. The van der Waals surface area contributed by atoms with Gasteiger partial charge in [0.1, 0.15) is 5.82 Å². The lowest BCUT2D eigenvalue weighted by molar-refractivity contribution is 0.756. The van der Waals surface area contributed by atoms with Crippen LogP contribution < -0.4 is 5.32 Å². The summed E-state index contributed by atoms with van der Waals surface area (Å²) in [4.78, 5) is 4.53. The van der Waals surface area contributed by atoms with Crippen molar-refractivity contribution in [3.8, 4) is 6.07 Å². The molecule has 2 heterocycles. The Bertz CT molecular complexity index is 826. The second-order valence-electron chi connectivity index (χ2n) is 4.61. The Morgan fingerprint density at radius 1 is 1.30 bits per heavy atom. The number of aryl methyl sites for hydroxylation is 2. The van der Waals surface area contributed by atoms with Crippen LogP contribution in [0.1, 0.15) is 11.3 Å². The largest absolute Gasteiger partial charge is 0.337 e. The second kappa shape index (κ2) is 4.67. The molecule has 0 bridgehead atoms. The maximum atomic E-state index is 9.26. The van der Waals surface area contributed by atoms with Crippen LogP contribution in [0.5, 0.6) is 0 Å². The molecule has 0 unspecified atom stereocenters. The lowest BCUT2D eigenvalue weighted by atomic mass is 10.1. The molecule has 0 spiro atoms. The van der Waals surface area contributed by atoms with E-state index in [1.165, 1.54) is 0 Å². The number of hydrogen-bond donors (Lipinski definition) is 1. The van der Waals surface area contributed by atoms with Gasteiger partial charge in [0.2, 0.25) is 0 Å². The lowest BCUT2D eigenvalue weighted by Gasteiger charge is -2.07. The molecule has 98 valence electrons. The Labute approximate surface area is 116 Å². The zero-order valence-corrected chi connectivity index (χ0v) is 11.3. The third-order valence-electron chi connectivity index (χ3n) is 3.11. The molecule has 3 rings (SSSR count). The summed E-state index contributed by atoms with van der Waals surface area (Å²) in [5.41, 5.74) is 3.19. The number of fused-ring (bicyclic) bond motifs is 1. The predicted octanol–water partition coefficient (Wildman–Crippen LogP) is 2.89. The highest BCUT2D eigenvalue weighted by molar-refractivity contribution is 5.86. The number of hydrogen-bond acceptors (Lipinski definition) is 4. The summed E-state index contributed by atoms with van der Waals surface area (Å²) in [5.74, 6) is 0.649. The van der Waals surface area contributed by atoms with Gasteiger partial charge in [0.15, 0.2) is 0 Å². The Balaban J connectivity index is 2.09. The van der Waals surface area contributed by atoms with E-state index in [0.29, 0.717) is 11.4 Å². The van der Waals surface area contributed by atoms with Crippen LogP contribution in [-0.4, -0.2) is 14.8 Å². The van der Waals surface area contributed by atoms with Gasteiger partial charge in [-0.2, -0.15) is 10.4 Å². The summed E-state index contributed by atoms with van der Waals surface area (Å²) in [7, 11) is 1.87. The molecular weight excluding hydrogens is 250 g/mol. The topological polar surface area (TPSA) is 66.5 Å². The summed E-state index contributed by atoms with van der Waals surface area (Å²) in [6.07, 6.45) is 1.89. The Kier molecular flexibility index (Phi) is 2.84. The third kappa shape index (κ3) is 2.08. The van der Waals surface area contributed by atoms with Crippen molar-refractivity contribution in [2.24, 2.45) is 7.05 Å². The number of anilines is 2. The predicted molar refractivity (Wildman–Crippen MR) is 77.7 cm³/mol. The van der Waals surface area contributed by atoms with Gasteiger partial charge in [-0.25, -0.2) is 4.98 Å². The van der Waals surface area contributed by atoms with Gasteiger partial charge in [0.25, 0.3) is 0 Å². The van der Waals surface area contributed by atoms with Crippen LogP contribution in [0.2, 0.25) is 0 Å². The van der Waals surface area contributed by atoms with Crippen LogP contribution in [0.4, 0.5) is 11.5 Å². The molecular formula is C15H13N5. The zero-order chi connectivity index (χ0) is 14.1. The molecule has 20 heavy (non-hydrogen) atoms. The van der Waals surface area contributed by atoms with Crippen molar-refractivity contribution < 1.29 is 0 Å². The molecule has 5 heteroatoms. The fourth-order valence-corrected chi connectivity index (χ4v) is 2.19. The quantitative estimate of drug-likeness (QED) is 0.772. The van der Waals surface area contributed by atoms with Crippen LogP contribution in [0.25, 0.3) is 10.9 Å². The van der Waals surface area contributed by atoms with Crippen molar-refractivity contribution in [2.75, 3.05) is 5.32 Å². The molecule has 0 saturated heterocycles. The smallest absolute Gasteiger partial charge is 0.132 e. The number of nitrogens with zero attached hydrogens (tertiary/aromatic N) is 4. The molecule has 0 aliphatic rings. The van der Waals surface area contributed by atoms with Gasteiger partial charge in [-0.1, -0.05) is 18.2 Å². The van der Waals surface area contributed by atoms with E-state index in [-0.39, 0.29) is 0 Å². The molecule has 0 atom stereocenters. The first-order chi connectivity index (χ1) is 9.67. The zero-order valence-electron chi connectivity index (χ0n) is 11.3. The third-order valence-corrected chi connectivity index (χ3v) is 3.11. The molecule has 2 aromatic heterocycles. The van der Waals surface area contributed by atoms with Gasteiger partial charge in [-0.15, -0.1) is 0 Å². The fourth-order valence-electron chi connectivity index (χ4n) is 2.19. The van der Waals surface area contributed by atoms with Gasteiger partial charge in [-0.3, -0.25) is 4.68 Å². The van der Waals surface area contributed by atoms with E-state index in [1.807, 2.05) is 44.4 Å². The van der Waals surface area contributed by atoms with E-state index in [4.69, 9.17) is 0 Å². The Hall–Kier alpha value is -2.87. The molecule has 0 saturated carbocycles. The molecule has 0 aliphatic heterocycles. The van der Waals surface area contributed by atoms with Crippen molar-refractivity contribution in [1.82, 2.24) is 14.8 Å². The summed E-state index contributed by atoms with van der Waals surface area (Å²) in [6, 6.07) is 11.6. The number of aromatic nitrogens is 3. The number of nitrogens with one attached hydrogen (secondary N) is 1. The first-order valence-electron chi connectivity index (χ1n) is 6.24. The van der Waals surface area contributed by atoms with E-state index in [9.17, 15) is 5.26 Å². The van der Waals surface area contributed by atoms with E-state index in [0.717, 1.165) is 22.3 Å². The normalized spacial score (nSPS) is 10.4. The number of pyridine rings is 1. The van der Waals surface area contributed by atoms with E-state index in [1.54, 1.807) is 10.7 Å². The SMILES string of the molecule is Cc1nn(C)cc1Nc1cc(C#N)c2ccccc2n1. The highest BCUT2D eigenvalue weighted by atomic mass is 15.3. The summed E-state index contributed by atoms with van der Waals surface area (Å²) < 4.78 is 1.74. The van der Waals surface area contributed by atoms with E-state index >= 15 is 0 Å². The average molecular weight is 263 g/mol. The summed E-state index contributed by atoms with van der Waals surface area (Å²) in [6.45, 7) is 1.93. The van der Waals surface area contributed by atoms with Crippen molar-refractivity contribution in [3.05, 3.63) is 47.8 Å². The minimum Gasteiger partial charge on any atom is -0.337 e. The molecule has 0 aliphatic carbocycles. The summed E-state index contributed by atoms with van der Waals surface area (Å²) >= 11 is 0. The molecule has 0 amide bonds. The number of benzene rings is 1. The molecule has 0 radical (unpaired) electrons. The monoisotopic (exact) mass is 263 g/mol. The average Bonchev–Trinajstić information content (AvgIpc) is 2.76. The minimum atomic E-state index is 0.611. The van der Waals surface area contributed by atoms with Crippen LogP contribution in [0, 0.1) is 18.3 Å².